The highest BCUT2D eigenvalue weighted by molar-refractivity contribution is 7.99. The molecule has 0 amide bonds. The molecule has 2 aromatic rings. The van der Waals surface area contributed by atoms with Crippen molar-refractivity contribution in [1.29, 1.82) is 0 Å². The van der Waals surface area contributed by atoms with Gasteiger partial charge in [-0.3, -0.25) is 0 Å². The molecule has 6 nitrogen and oxygen atoms in total. The maximum Gasteiger partial charge on any atom is 0.209 e. The van der Waals surface area contributed by atoms with E-state index in [1.807, 2.05) is 19.2 Å². The van der Waals surface area contributed by atoms with Crippen LogP contribution in [0.4, 0.5) is 0 Å². The van der Waals surface area contributed by atoms with Gasteiger partial charge in [-0.2, -0.15) is 0 Å². The summed E-state index contributed by atoms with van der Waals surface area (Å²) in [4.78, 5) is 0. The number of aryl methyl sites for hydroxylation is 1. The smallest absolute Gasteiger partial charge is 0.209 e. The molecule has 0 aliphatic heterocycles. The number of hydrogen-bond donors (Lipinski definition) is 1. The molecule has 0 spiro atoms. The van der Waals surface area contributed by atoms with Gasteiger partial charge in [0.15, 0.2) is 0 Å². The predicted molar refractivity (Wildman–Crippen MR) is 78.9 cm³/mol. The van der Waals surface area contributed by atoms with Gasteiger partial charge in [-0.05, 0) is 34.7 Å². The fourth-order valence-electron chi connectivity index (χ4n) is 1.86. The van der Waals surface area contributed by atoms with E-state index in [4.69, 9.17) is 4.74 Å². The van der Waals surface area contributed by atoms with Crippen molar-refractivity contribution in [2.45, 2.75) is 18.1 Å². The second-order valence-electron chi connectivity index (χ2n) is 4.28. The summed E-state index contributed by atoms with van der Waals surface area (Å²) in [7, 11) is 3.52. The fourth-order valence-corrected chi connectivity index (χ4v) is 2.80. The third-order valence-corrected chi connectivity index (χ3v) is 4.03. The quantitative estimate of drug-likeness (QED) is 0.783. The lowest BCUT2D eigenvalue weighted by Crippen LogP contribution is -2.23. The first-order valence-electron chi connectivity index (χ1n) is 6.47. The molecule has 1 aromatic carbocycles. The van der Waals surface area contributed by atoms with Crippen LogP contribution < -0.4 is 10.1 Å². The SMILES string of the molecule is CCNC(CSc1nnnn1C)c1ccc(OC)cc1. The van der Waals surface area contributed by atoms with E-state index >= 15 is 0 Å². The first-order valence-corrected chi connectivity index (χ1v) is 7.45. The third kappa shape index (κ3) is 3.71. The van der Waals surface area contributed by atoms with E-state index < -0.39 is 0 Å². The van der Waals surface area contributed by atoms with E-state index in [1.165, 1.54) is 5.56 Å². The van der Waals surface area contributed by atoms with Crippen molar-refractivity contribution >= 4 is 11.8 Å². The average molecular weight is 293 g/mol. The second kappa shape index (κ2) is 7.25. The number of hydrogen-bond acceptors (Lipinski definition) is 6. The zero-order valence-electron chi connectivity index (χ0n) is 11.9. The van der Waals surface area contributed by atoms with Crippen LogP contribution in [0.1, 0.15) is 18.5 Å². The van der Waals surface area contributed by atoms with Crippen molar-refractivity contribution in [3.63, 3.8) is 0 Å². The minimum Gasteiger partial charge on any atom is -0.497 e. The van der Waals surface area contributed by atoms with Crippen LogP contribution in [-0.4, -0.2) is 39.6 Å². The van der Waals surface area contributed by atoms with Crippen molar-refractivity contribution in [1.82, 2.24) is 25.5 Å². The topological polar surface area (TPSA) is 64.9 Å². The number of thioether (sulfide) groups is 1. The Hall–Kier alpha value is -1.60. The summed E-state index contributed by atoms with van der Waals surface area (Å²) in [5, 5.41) is 15.8. The predicted octanol–water partition coefficient (Wildman–Crippen LogP) is 1.66. The molecule has 1 atom stereocenters. The third-order valence-electron chi connectivity index (χ3n) is 2.93. The lowest BCUT2D eigenvalue weighted by molar-refractivity contribution is 0.414. The van der Waals surface area contributed by atoms with Gasteiger partial charge in [0.2, 0.25) is 5.16 Å². The van der Waals surface area contributed by atoms with Gasteiger partial charge in [-0.1, -0.05) is 30.8 Å². The van der Waals surface area contributed by atoms with Crippen LogP contribution >= 0.6 is 11.8 Å². The van der Waals surface area contributed by atoms with Crippen LogP contribution in [0.25, 0.3) is 0 Å². The first kappa shape index (κ1) is 14.8. The summed E-state index contributed by atoms with van der Waals surface area (Å²) in [5.41, 5.74) is 1.23. The highest BCUT2D eigenvalue weighted by Crippen LogP contribution is 2.24. The number of tetrazole rings is 1. The van der Waals surface area contributed by atoms with Crippen LogP contribution in [0.15, 0.2) is 29.4 Å². The number of methoxy groups -OCH3 is 1. The van der Waals surface area contributed by atoms with Gasteiger partial charge < -0.3 is 10.1 Å². The van der Waals surface area contributed by atoms with Crippen molar-refractivity contribution in [3.8, 4) is 5.75 Å². The summed E-state index contributed by atoms with van der Waals surface area (Å²) < 4.78 is 6.87. The Morgan fingerprint density at radius 3 is 2.65 bits per heavy atom. The molecular formula is C13H19N5OS. The summed E-state index contributed by atoms with van der Waals surface area (Å²) >= 11 is 1.64. The lowest BCUT2D eigenvalue weighted by atomic mass is 10.1. The molecule has 0 aliphatic rings. The van der Waals surface area contributed by atoms with Crippen LogP contribution in [0.5, 0.6) is 5.75 Å². The molecular weight excluding hydrogens is 274 g/mol. The maximum absolute atomic E-state index is 5.19. The minimum absolute atomic E-state index is 0.257. The molecule has 0 saturated carbocycles. The number of benzene rings is 1. The van der Waals surface area contributed by atoms with Gasteiger partial charge >= 0.3 is 0 Å². The molecule has 2 rings (SSSR count). The molecule has 1 unspecified atom stereocenters. The van der Waals surface area contributed by atoms with Crippen LogP contribution in [0, 0.1) is 0 Å². The number of aromatic nitrogens is 4. The standard InChI is InChI=1S/C13H19N5OS/c1-4-14-12(9-20-13-15-16-17-18(13)2)10-5-7-11(19-3)8-6-10/h5-8,12,14H,4,9H2,1-3H3. The van der Waals surface area contributed by atoms with E-state index in [0.717, 1.165) is 23.2 Å². The normalized spacial score (nSPS) is 12.3. The summed E-state index contributed by atoms with van der Waals surface area (Å²) in [5.74, 6) is 1.74. The Morgan fingerprint density at radius 2 is 2.10 bits per heavy atom. The highest BCUT2D eigenvalue weighted by Gasteiger charge is 2.13. The molecule has 7 heteroatoms. The molecule has 1 heterocycles. The molecule has 1 aromatic heterocycles. The van der Waals surface area contributed by atoms with E-state index in [-0.39, 0.29) is 6.04 Å². The van der Waals surface area contributed by atoms with Crippen molar-refractivity contribution in [2.24, 2.45) is 7.05 Å². The molecule has 1 N–H and O–H groups in total. The minimum atomic E-state index is 0.257. The summed E-state index contributed by atoms with van der Waals surface area (Å²) in [6, 6.07) is 8.39. The number of ether oxygens (including phenoxy) is 1. The van der Waals surface area contributed by atoms with E-state index in [1.54, 1.807) is 23.6 Å². The van der Waals surface area contributed by atoms with Crippen LogP contribution in [-0.2, 0) is 7.05 Å². The van der Waals surface area contributed by atoms with E-state index in [9.17, 15) is 0 Å². The Bertz CT molecular complexity index is 528. The molecule has 0 fully saturated rings. The zero-order chi connectivity index (χ0) is 14.4. The number of nitrogens with zero attached hydrogens (tertiary/aromatic N) is 4. The monoisotopic (exact) mass is 293 g/mol. The second-order valence-corrected chi connectivity index (χ2v) is 5.27. The largest absolute Gasteiger partial charge is 0.497 e. The van der Waals surface area contributed by atoms with Gasteiger partial charge in [-0.15, -0.1) is 5.10 Å². The molecule has 0 radical (unpaired) electrons. The number of rotatable bonds is 7. The molecule has 108 valence electrons. The maximum atomic E-state index is 5.19. The van der Waals surface area contributed by atoms with Crippen LogP contribution in [0.3, 0.4) is 0 Å². The van der Waals surface area contributed by atoms with E-state index in [0.29, 0.717) is 0 Å². The highest BCUT2D eigenvalue weighted by atomic mass is 32.2. The number of nitrogens with one attached hydrogen (secondary N) is 1. The van der Waals surface area contributed by atoms with Gasteiger partial charge in [-0.25, -0.2) is 4.68 Å². The van der Waals surface area contributed by atoms with Crippen molar-refractivity contribution < 1.29 is 4.74 Å². The first-order chi connectivity index (χ1) is 9.74. The van der Waals surface area contributed by atoms with E-state index in [2.05, 4.69) is 39.9 Å². The van der Waals surface area contributed by atoms with Crippen molar-refractivity contribution in [3.05, 3.63) is 29.8 Å². The summed E-state index contributed by atoms with van der Waals surface area (Å²) in [6.45, 7) is 3.01. The molecule has 0 aliphatic carbocycles. The Kier molecular flexibility index (Phi) is 5.37. The Morgan fingerprint density at radius 1 is 1.35 bits per heavy atom. The molecule has 0 bridgehead atoms. The lowest BCUT2D eigenvalue weighted by Gasteiger charge is -2.17. The van der Waals surface area contributed by atoms with Crippen molar-refractivity contribution in [2.75, 3.05) is 19.4 Å². The average Bonchev–Trinajstić information content (AvgIpc) is 2.89. The summed E-state index contributed by atoms with van der Waals surface area (Å²) in [6.07, 6.45) is 0. The molecule has 20 heavy (non-hydrogen) atoms. The van der Waals surface area contributed by atoms with Gasteiger partial charge in [0.1, 0.15) is 5.75 Å². The zero-order valence-corrected chi connectivity index (χ0v) is 12.7. The van der Waals surface area contributed by atoms with Gasteiger partial charge in [0.05, 0.1) is 7.11 Å². The Balaban J connectivity index is 2.04. The Labute approximate surface area is 122 Å². The van der Waals surface area contributed by atoms with Crippen LogP contribution in [0.2, 0.25) is 0 Å². The van der Waals surface area contributed by atoms with Gasteiger partial charge in [0, 0.05) is 18.8 Å². The fraction of sp³-hybridized carbons (Fsp3) is 0.462. The molecule has 0 saturated heterocycles. The van der Waals surface area contributed by atoms with Gasteiger partial charge in [0.25, 0.3) is 0 Å².